The van der Waals surface area contributed by atoms with Crippen molar-refractivity contribution in [3.05, 3.63) is 53.4 Å². The highest BCUT2D eigenvalue weighted by Crippen LogP contribution is 2.30. The number of para-hydroxylation sites is 1. The lowest BCUT2D eigenvalue weighted by molar-refractivity contribution is -0.125. The molecule has 4 rings (SSSR count). The van der Waals surface area contributed by atoms with Crippen LogP contribution in [0, 0.1) is 6.92 Å². The summed E-state index contributed by atoms with van der Waals surface area (Å²) in [6.45, 7) is 2.31. The Kier molecular flexibility index (Phi) is 5.35. The van der Waals surface area contributed by atoms with Gasteiger partial charge in [-0.2, -0.15) is 0 Å². The molecular weight excluding hydrogens is 398 g/mol. The molecule has 1 atom stereocenters. The van der Waals surface area contributed by atoms with Crippen molar-refractivity contribution < 1.29 is 19.1 Å². The minimum atomic E-state index is -1.15. The monoisotopic (exact) mass is 421 g/mol. The Morgan fingerprint density at radius 3 is 3.06 bits per heavy atom. The molecule has 0 aliphatic carbocycles. The van der Waals surface area contributed by atoms with Gasteiger partial charge in [0.15, 0.2) is 11.4 Å². The van der Waals surface area contributed by atoms with Gasteiger partial charge in [0.2, 0.25) is 5.91 Å². The number of benzene rings is 1. The van der Waals surface area contributed by atoms with Crippen molar-refractivity contribution in [1.29, 1.82) is 0 Å². The predicted molar refractivity (Wildman–Crippen MR) is 118 cm³/mol. The summed E-state index contributed by atoms with van der Waals surface area (Å²) in [6.07, 6.45) is 3.49. The number of nitrogen functional groups attached to an aromatic ring is 1. The highest BCUT2D eigenvalue weighted by atomic mass is 16.3. The fourth-order valence-electron chi connectivity index (χ4n) is 3.42. The SMILES string of the molecule is Cc1oc2c(N)cccc2c1CN(C)C(=O)/C=C/c1cnc2c(c1)NC[C@H](O)C(=O)N2. The van der Waals surface area contributed by atoms with Gasteiger partial charge in [-0.15, -0.1) is 0 Å². The van der Waals surface area contributed by atoms with Crippen LogP contribution in [-0.4, -0.2) is 46.5 Å². The van der Waals surface area contributed by atoms with Gasteiger partial charge in [-0.05, 0) is 30.7 Å². The summed E-state index contributed by atoms with van der Waals surface area (Å²) < 4.78 is 5.77. The summed E-state index contributed by atoms with van der Waals surface area (Å²) in [5.74, 6) is 0.359. The summed E-state index contributed by atoms with van der Waals surface area (Å²) in [7, 11) is 1.71. The maximum atomic E-state index is 12.6. The van der Waals surface area contributed by atoms with Crippen LogP contribution >= 0.6 is 0 Å². The molecule has 0 bridgehead atoms. The van der Waals surface area contributed by atoms with Crippen molar-refractivity contribution in [3.8, 4) is 0 Å². The molecule has 0 saturated heterocycles. The number of carbonyl (C=O) groups excluding carboxylic acids is 2. The van der Waals surface area contributed by atoms with E-state index in [1.807, 2.05) is 19.1 Å². The third-order valence-corrected chi connectivity index (χ3v) is 5.18. The smallest absolute Gasteiger partial charge is 0.256 e. The van der Waals surface area contributed by atoms with Gasteiger partial charge in [0.1, 0.15) is 11.9 Å². The normalized spacial score (nSPS) is 16.0. The highest BCUT2D eigenvalue weighted by molar-refractivity contribution is 5.98. The molecular formula is C22H23N5O4. The Balaban J connectivity index is 1.48. The van der Waals surface area contributed by atoms with Gasteiger partial charge in [-0.3, -0.25) is 9.59 Å². The van der Waals surface area contributed by atoms with Crippen molar-refractivity contribution in [2.75, 3.05) is 30.0 Å². The van der Waals surface area contributed by atoms with Crippen LogP contribution in [0.15, 0.2) is 41.0 Å². The Bertz CT molecular complexity index is 1200. The lowest BCUT2D eigenvalue weighted by Gasteiger charge is -2.15. The largest absolute Gasteiger partial charge is 0.459 e. The first kappa shape index (κ1) is 20.4. The van der Waals surface area contributed by atoms with Crippen LogP contribution in [0.1, 0.15) is 16.9 Å². The van der Waals surface area contributed by atoms with Crippen LogP contribution in [-0.2, 0) is 16.1 Å². The number of aliphatic hydroxyl groups excluding tert-OH is 1. The quantitative estimate of drug-likeness (QED) is 0.374. The number of likely N-dealkylation sites (N-methyl/N-ethyl adjacent to an activating group) is 1. The van der Waals surface area contributed by atoms with Gasteiger partial charge in [-0.1, -0.05) is 12.1 Å². The number of nitrogens with zero attached hydrogens (tertiary/aromatic N) is 2. The molecule has 2 aromatic heterocycles. The number of fused-ring (bicyclic) bond motifs is 2. The summed E-state index contributed by atoms with van der Waals surface area (Å²) in [5, 5.41) is 16.1. The van der Waals surface area contributed by atoms with E-state index in [9.17, 15) is 14.7 Å². The number of aryl methyl sites for hydroxylation is 1. The molecule has 2 amide bonds. The van der Waals surface area contributed by atoms with E-state index in [0.29, 0.717) is 34.9 Å². The number of anilines is 3. The Morgan fingerprint density at radius 2 is 2.26 bits per heavy atom. The third kappa shape index (κ3) is 4.08. The minimum Gasteiger partial charge on any atom is -0.459 e. The second-order valence-corrected chi connectivity index (χ2v) is 7.44. The number of nitrogens with one attached hydrogen (secondary N) is 2. The summed E-state index contributed by atoms with van der Waals surface area (Å²) in [5.41, 5.74) is 9.34. The van der Waals surface area contributed by atoms with Crippen molar-refractivity contribution >= 4 is 46.1 Å². The first-order valence-corrected chi connectivity index (χ1v) is 9.76. The Hall–Kier alpha value is -3.85. The van der Waals surface area contributed by atoms with Gasteiger partial charge in [0.25, 0.3) is 5.91 Å². The number of hydrogen-bond acceptors (Lipinski definition) is 7. The fourth-order valence-corrected chi connectivity index (χ4v) is 3.42. The van der Waals surface area contributed by atoms with Gasteiger partial charge in [0, 0.05) is 43.4 Å². The average Bonchev–Trinajstić information content (AvgIpc) is 2.99. The standard InChI is InChI=1S/C22H23N5O4/c1-12-15(14-4-3-5-16(23)20(14)31-12)11-27(2)19(29)7-6-13-8-17-21(25-9-13)26-22(30)18(28)10-24-17/h3-9,18,24,28H,10-11,23H2,1-2H3,(H,25,26,30)/b7-6+/t18-/m0/s1. The van der Waals surface area contributed by atoms with E-state index in [1.54, 1.807) is 36.4 Å². The molecule has 0 fully saturated rings. The maximum absolute atomic E-state index is 12.6. The van der Waals surface area contributed by atoms with Crippen molar-refractivity contribution in [3.63, 3.8) is 0 Å². The van der Waals surface area contributed by atoms with Gasteiger partial charge < -0.3 is 30.8 Å². The van der Waals surface area contributed by atoms with E-state index >= 15 is 0 Å². The number of amides is 2. The van der Waals surface area contributed by atoms with Crippen LogP contribution in [0.25, 0.3) is 17.0 Å². The third-order valence-electron chi connectivity index (χ3n) is 5.18. The second-order valence-electron chi connectivity index (χ2n) is 7.44. The molecule has 0 radical (unpaired) electrons. The minimum absolute atomic E-state index is 0.0812. The number of hydrogen-bond donors (Lipinski definition) is 4. The number of aliphatic hydroxyl groups is 1. The van der Waals surface area contributed by atoms with E-state index in [2.05, 4.69) is 15.6 Å². The summed E-state index contributed by atoms with van der Waals surface area (Å²) in [6, 6.07) is 7.32. The second kappa shape index (κ2) is 8.11. The van der Waals surface area contributed by atoms with Crippen LogP contribution in [0.4, 0.5) is 17.2 Å². The molecule has 160 valence electrons. The summed E-state index contributed by atoms with van der Waals surface area (Å²) in [4.78, 5) is 30.1. The van der Waals surface area contributed by atoms with E-state index in [1.165, 1.54) is 6.08 Å². The van der Waals surface area contributed by atoms with Gasteiger partial charge in [-0.25, -0.2) is 4.98 Å². The van der Waals surface area contributed by atoms with E-state index in [0.717, 1.165) is 16.7 Å². The molecule has 1 aliphatic heterocycles. The molecule has 3 aromatic rings. The number of pyridine rings is 1. The predicted octanol–water partition coefficient (Wildman–Crippen LogP) is 2.12. The first-order chi connectivity index (χ1) is 14.8. The Morgan fingerprint density at radius 1 is 1.45 bits per heavy atom. The van der Waals surface area contributed by atoms with Crippen LogP contribution in [0.2, 0.25) is 0 Å². The zero-order valence-electron chi connectivity index (χ0n) is 17.2. The molecule has 3 heterocycles. The number of rotatable bonds is 4. The zero-order valence-corrected chi connectivity index (χ0v) is 17.2. The molecule has 1 aliphatic rings. The average molecular weight is 421 g/mol. The van der Waals surface area contributed by atoms with E-state index in [4.69, 9.17) is 10.2 Å². The van der Waals surface area contributed by atoms with Crippen molar-refractivity contribution in [2.45, 2.75) is 19.6 Å². The first-order valence-electron chi connectivity index (χ1n) is 9.76. The molecule has 9 nitrogen and oxygen atoms in total. The summed E-state index contributed by atoms with van der Waals surface area (Å²) >= 11 is 0. The lowest BCUT2D eigenvalue weighted by Crippen LogP contribution is -2.30. The number of nitrogens with two attached hydrogens (primary N) is 1. The van der Waals surface area contributed by atoms with Crippen LogP contribution in [0.3, 0.4) is 0 Å². The molecule has 0 spiro atoms. The number of furan rings is 1. The van der Waals surface area contributed by atoms with Gasteiger partial charge >= 0.3 is 0 Å². The molecule has 0 saturated carbocycles. The Labute approximate surface area is 178 Å². The molecule has 5 N–H and O–H groups in total. The van der Waals surface area contributed by atoms with Gasteiger partial charge in [0.05, 0.1) is 11.4 Å². The van der Waals surface area contributed by atoms with E-state index in [-0.39, 0.29) is 12.5 Å². The highest BCUT2D eigenvalue weighted by Gasteiger charge is 2.21. The number of carbonyl (C=O) groups is 2. The maximum Gasteiger partial charge on any atom is 0.256 e. The fraction of sp³-hybridized carbons (Fsp3) is 0.227. The number of β-amino-alcohol motifs (C(OH)–C–C–N with tert-alkyl or cyclic N) is 1. The molecule has 0 unspecified atom stereocenters. The molecule has 9 heteroatoms. The lowest BCUT2D eigenvalue weighted by atomic mass is 10.1. The molecule has 1 aromatic carbocycles. The van der Waals surface area contributed by atoms with Crippen molar-refractivity contribution in [2.24, 2.45) is 0 Å². The van der Waals surface area contributed by atoms with Crippen LogP contribution in [0.5, 0.6) is 0 Å². The van der Waals surface area contributed by atoms with Crippen LogP contribution < -0.4 is 16.4 Å². The topological polar surface area (TPSA) is 134 Å². The zero-order chi connectivity index (χ0) is 22.1. The van der Waals surface area contributed by atoms with Crippen molar-refractivity contribution in [1.82, 2.24) is 9.88 Å². The number of aromatic nitrogens is 1. The van der Waals surface area contributed by atoms with E-state index < -0.39 is 12.0 Å². The molecule has 31 heavy (non-hydrogen) atoms.